The lowest BCUT2D eigenvalue weighted by Gasteiger charge is -1.94. The minimum absolute atomic E-state index is 0.938. The standard InChI is InChI=1S/C6H8N2.C2H3N3.CH2O3/c7-8-6-4-2-1-3-5-6;1-2-4-5-3-1;2-1(3)4/h1-5,8H,7H2;1-2H,(H,3,4,5);(H2,2,3,4). The zero-order chi connectivity index (χ0) is 12.9. The number of anilines is 1. The zero-order valence-electron chi connectivity index (χ0n) is 8.82. The molecule has 0 saturated carbocycles. The first-order valence-electron chi connectivity index (χ1n) is 4.40. The molecule has 0 saturated heterocycles. The highest BCUT2D eigenvalue weighted by molar-refractivity contribution is 5.53. The zero-order valence-corrected chi connectivity index (χ0v) is 8.82. The van der Waals surface area contributed by atoms with Crippen molar-refractivity contribution in [2.24, 2.45) is 5.84 Å². The maximum absolute atomic E-state index is 8.56. The van der Waals surface area contributed by atoms with Gasteiger partial charge >= 0.3 is 6.16 Å². The van der Waals surface area contributed by atoms with Crippen molar-refractivity contribution in [3.63, 3.8) is 0 Å². The molecule has 1 aromatic heterocycles. The Hall–Kier alpha value is -2.61. The summed E-state index contributed by atoms with van der Waals surface area (Å²) in [6.45, 7) is 0. The van der Waals surface area contributed by atoms with Crippen LogP contribution in [-0.2, 0) is 0 Å². The number of nitrogens with zero attached hydrogens (tertiary/aromatic N) is 2. The second-order valence-corrected chi connectivity index (χ2v) is 2.45. The lowest BCUT2D eigenvalue weighted by atomic mass is 10.3. The molecule has 0 aliphatic rings. The molecular formula is C9H13N5O3. The monoisotopic (exact) mass is 239 g/mol. The first-order valence-corrected chi connectivity index (χ1v) is 4.40. The molecule has 8 heteroatoms. The molecule has 1 heterocycles. The van der Waals surface area contributed by atoms with Crippen molar-refractivity contribution in [3.05, 3.63) is 42.7 Å². The molecular weight excluding hydrogens is 226 g/mol. The van der Waals surface area contributed by atoms with Crippen LogP contribution >= 0.6 is 0 Å². The maximum Gasteiger partial charge on any atom is 0.503 e. The maximum atomic E-state index is 8.56. The average Bonchev–Trinajstić information content (AvgIpc) is 2.88. The van der Waals surface area contributed by atoms with Crippen LogP contribution in [0.4, 0.5) is 10.5 Å². The van der Waals surface area contributed by atoms with E-state index in [1.165, 1.54) is 0 Å². The van der Waals surface area contributed by atoms with Crippen LogP contribution in [-0.4, -0.2) is 31.8 Å². The van der Waals surface area contributed by atoms with Gasteiger partial charge < -0.3 is 15.6 Å². The van der Waals surface area contributed by atoms with E-state index in [9.17, 15) is 0 Å². The number of benzene rings is 1. The molecule has 6 N–H and O–H groups in total. The number of nitrogen functional groups attached to an aromatic ring is 1. The Kier molecular flexibility index (Phi) is 8.40. The van der Waals surface area contributed by atoms with E-state index >= 15 is 0 Å². The second kappa shape index (κ2) is 9.93. The molecule has 0 radical (unpaired) electrons. The van der Waals surface area contributed by atoms with Crippen molar-refractivity contribution < 1.29 is 15.0 Å². The third-order valence-corrected chi connectivity index (χ3v) is 1.27. The van der Waals surface area contributed by atoms with Crippen molar-refractivity contribution in [1.29, 1.82) is 0 Å². The molecule has 0 aliphatic carbocycles. The Labute approximate surface area is 97.1 Å². The Balaban J connectivity index is 0.000000246. The molecule has 1 aromatic carbocycles. The summed E-state index contributed by atoms with van der Waals surface area (Å²) < 4.78 is 0. The van der Waals surface area contributed by atoms with Crippen molar-refractivity contribution in [1.82, 2.24) is 15.4 Å². The number of hydrogen-bond donors (Lipinski definition) is 5. The summed E-state index contributed by atoms with van der Waals surface area (Å²) in [5, 5.41) is 23.3. The molecule has 0 spiro atoms. The van der Waals surface area contributed by atoms with Gasteiger partial charge in [0.2, 0.25) is 0 Å². The Bertz CT molecular complexity index is 358. The first-order chi connectivity index (χ1) is 8.16. The fourth-order valence-electron chi connectivity index (χ4n) is 0.701. The number of rotatable bonds is 1. The SMILES string of the molecule is NNc1ccccc1.O=C(O)O.c1cn[nH]n1. The van der Waals surface area contributed by atoms with Crippen LogP contribution < -0.4 is 11.3 Å². The smallest absolute Gasteiger partial charge is 0.450 e. The van der Waals surface area contributed by atoms with E-state index in [-0.39, 0.29) is 0 Å². The van der Waals surface area contributed by atoms with E-state index in [2.05, 4.69) is 20.8 Å². The number of nitrogens with one attached hydrogen (secondary N) is 2. The fraction of sp³-hybridized carbons (Fsp3) is 0. The summed E-state index contributed by atoms with van der Waals surface area (Å²) >= 11 is 0. The summed E-state index contributed by atoms with van der Waals surface area (Å²) in [7, 11) is 0. The van der Waals surface area contributed by atoms with Crippen LogP contribution in [0.2, 0.25) is 0 Å². The predicted octanol–water partition coefficient (Wildman–Crippen LogP) is 0.999. The Morgan fingerprint density at radius 2 is 1.65 bits per heavy atom. The third kappa shape index (κ3) is 11.3. The molecule has 2 aromatic rings. The summed E-state index contributed by atoms with van der Waals surface area (Å²) in [4.78, 5) is 8.56. The van der Waals surface area contributed by atoms with Gasteiger partial charge in [0.15, 0.2) is 0 Å². The van der Waals surface area contributed by atoms with Gasteiger partial charge in [0, 0.05) is 5.69 Å². The number of hydrazine groups is 1. The molecule has 0 amide bonds. The minimum Gasteiger partial charge on any atom is -0.450 e. The van der Waals surface area contributed by atoms with Gasteiger partial charge in [0.05, 0.1) is 12.4 Å². The third-order valence-electron chi connectivity index (χ3n) is 1.27. The number of carboxylic acid groups (broad SMARTS) is 2. The second-order valence-electron chi connectivity index (χ2n) is 2.45. The quantitative estimate of drug-likeness (QED) is 0.369. The molecule has 8 nitrogen and oxygen atoms in total. The molecule has 0 unspecified atom stereocenters. The van der Waals surface area contributed by atoms with Gasteiger partial charge in [-0.05, 0) is 12.1 Å². The Morgan fingerprint density at radius 3 is 1.88 bits per heavy atom. The molecule has 17 heavy (non-hydrogen) atoms. The van der Waals surface area contributed by atoms with E-state index < -0.39 is 6.16 Å². The average molecular weight is 239 g/mol. The lowest BCUT2D eigenvalue weighted by molar-refractivity contribution is 0.137. The van der Waals surface area contributed by atoms with E-state index in [0.29, 0.717) is 0 Å². The summed E-state index contributed by atoms with van der Waals surface area (Å²) in [5.74, 6) is 5.10. The van der Waals surface area contributed by atoms with E-state index in [1.54, 1.807) is 12.4 Å². The number of para-hydroxylation sites is 1. The Morgan fingerprint density at radius 1 is 1.18 bits per heavy atom. The summed E-state index contributed by atoms with van der Waals surface area (Å²) in [6, 6.07) is 9.60. The van der Waals surface area contributed by atoms with Crippen LogP contribution in [0.1, 0.15) is 0 Å². The fourth-order valence-corrected chi connectivity index (χ4v) is 0.701. The number of nitrogens with two attached hydrogens (primary N) is 1. The highest BCUT2D eigenvalue weighted by Crippen LogP contribution is 2.00. The van der Waals surface area contributed by atoms with Crippen LogP contribution in [0.3, 0.4) is 0 Å². The van der Waals surface area contributed by atoms with Gasteiger partial charge in [-0.25, -0.2) is 4.79 Å². The molecule has 92 valence electrons. The van der Waals surface area contributed by atoms with Crippen LogP contribution in [0.25, 0.3) is 0 Å². The van der Waals surface area contributed by atoms with E-state index in [4.69, 9.17) is 20.9 Å². The van der Waals surface area contributed by atoms with Crippen molar-refractivity contribution >= 4 is 11.8 Å². The normalized spacial score (nSPS) is 7.82. The number of hydrogen-bond acceptors (Lipinski definition) is 5. The van der Waals surface area contributed by atoms with Gasteiger partial charge in [0.25, 0.3) is 0 Å². The predicted molar refractivity (Wildman–Crippen MR) is 61.3 cm³/mol. The van der Waals surface area contributed by atoms with Gasteiger partial charge in [-0.2, -0.15) is 15.4 Å². The van der Waals surface area contributed by atoms with Gasteiger partial charge in [0.1, 0.15) is 0 Å². The lowest BCUT2D eigenvalue weighted by Crippen LogP contribution is -2.05. The van der Waals surface area contributed by atoms with Gasteiger partial charge in [-0.3, -0.25) is 5.84 Å². The van der Waals surface area contributed by atoms with Gasteiger partial charge in [-0.1, -0.05) is 18.2 Å². The molecule has 0 bridgehead atoms. The number of carbonyl (C=O) groups is 1. The highest BCUT2D eigenvalue weighted by atomic mass is 16.6. The highest BCUT2D eigenvalue weighted by Gasteiger charge is 1.78. The topological polar surface area (TPSA) is 137 Å². The molecule has 0 fully saturated rings. The number of aromatic amines is 1. The summed E-state index contributed by atoms with van der Waals surface area (Å²) in [6.07, 6.45) is 1.33. The summed E-state index contributed by atoms with van der Waals surface area (Å²) in [5.41, 5.74) is 3.46. The first kappa shape index (κ1) is 14.4. The number of aromatic nitrogens is 3. The molecule has 0 atom stereocenters. The van der Waals surface area contributed by atoms with E-state index in [0.717, 1.165) is 5.69 Å². The van der Waals surface area contributed by atoms with Gasteiger partial charge in [-0.15, -0.1) is 0 Å². The van der Waals surface area contributed by atoms with E-state index in [1.807, 2.05) is 30.3 Å². The largest absolute Gasteiger partial charge is 0.503 e. The molecule has 2 rings (SSSR count). The van der Waals surface area contributed by atoms with Crippen molar-refractivity contribution in [2.45, 2.75) is 0 Å². The van der Waals surface area contributed by atoms with Crippen molar-refractivity contribution in [2.75, 3.05) is 5.43 Å². The van der Waals surface area contributed by atoms with Crippen LogP contribution in [0.15, 0.2) is 42.7 Å². The van der Waals surface area contributed by atoms with Crippen molar-refractivity contribution in [3.8, 4) is 0 Å². The van der Waals surface area contributed by atoms with Crippen LogP contribution in [0.5, 0.6) is 0 Å². The minimum atomic E-state index is -1.83. The number of H-pyrrole nitrogens is 1. The molecule has 0 aliphatic heterocycles. The van der Waals surface area contributed by atoms with Crippen LogP contribution in [0, 0.1) is 0 Å².